The average Bonchev–Trinajstić information content (AvgIpc) is 3.69. The molecule has 0 saturated carbocycles. The number of likely N-dealkylation sites (tertiary alicyclic amines) is 1. The van der Waals surface area contributed by atoms with E-state index in [1.807, 2.05) is 80.7 Å². The minimum Gasteiger partial charge on any atom is -0.432 e. The predicted octanol–water partition coefficient (Wildman–Crippen LogP) is 5.35. The Morgan fingerprint density at radius 3 is 2.46 bits per heavy atom. The number of aliphatic hydroxyl groups excluding tert-OH is 1. The highest BCUT2D eigenvalue weighted by molar-refractivity contribution is 6.71. The molecule has 2 fully saturated rings. The Labute approximate surface area is 275 Å². The van der Waals surface area contributed by atoms with Gasteiger partial charge in [0.2, 0.25) is 12.3 Å². The number of para-hydroxylation sites is 1. The Morgan fingerprint density at radius 1 is 1.11 bits per heavy atom. The van der Waals surface area contributed by atoms with Gasteiger partial charge >= 0.3 is 0 Å². The lowest BCUT2D eigenvalue weighted by Gasteiger charge is -2.32. The first kappa shape index (κ1) is 32.4. The van der Waals surface area contributed by atoms with Gasteiger partial charge in [0.05, 0.1) is 37.4 Å². The number of hydrogen-bond acceptors (Lipinski definition) is 6. The van der Waals surface area contributed by atoms with Gasteiger partial charge in [0.1, 0.15) is 0 Å². The first-order chi connectivity index (χ1) is 22.0. The lowest BCUT2D eigenvalue weighted by atomic mass is 9.82. The average molecular weight is 662 g/mol. The van der Waals surface area contributed by atoms with Crippen LogP contribution in [0, 0.1) is 5.92 Å². The van der Waals surface area contributed by atoms with E-state index in [2.05, 4.69) is 0 Å². The highest BCUT2D eigenvalue weighted by Gasteiger charge is 2.66. The molecular formula is C35H40ClN3O6Si. The highest BCUT2D eigenvalue weighted by Crippen LogP contribution is 2.60. The molecule has 1 spiro atoms. The van der Waals surface area contributed by atoms with Crippen LogP contribution >= 0.6 is 11.6 Å². The fourth-order valence-electron chi connectivity index (χ4n) is 7.85. The molecule has 6 rings (SSSR count). The SMILES string of the molecule is C[C@H]1[C@H]([Si](C)(C)O)[C@@H](CC(=O)N2CCC[C@H]2CO)O[C@]12C(=O)N(Cc1ccc(N(C=O)c3ccccc3)cc1)c1ccc(Cl)cc12. The molecule has 9 nitrogen and oxygen atoms in total. The van der Waals surface area contributed by atoms with Crippen molar-refractivity contribution < 1.29 is 29.0 Å². The van der Waals surface area contributed by atoms with Gasteiger partial charge in [-0.2, -0.15) is 0 Å². The molecule has 3 amide bonds. The minimum absolute atomic E-state index is 0.0174. The van der Waals surface area contributed by atoms with Gasteiger partial charge in [-0.1, -0.05) is 48.9 Å². The zero-order valence-electron chi connectivity index (χ0n) is 26.3. The number of rotatable bonds is 9. The Morgan fingerprint density at radius 2 is 1.80 bits per heavy atom. The van der Waals surface area contributed by atoms with E-state index in [-0.39, 0.29) is 37.4 Å². The Balaban J connectivity index is 1.32. The monoisotopic (exact) mass is 661 g/mol. The molecule has 0 bridgehead atoms. The molecule has 46 heavy (non-hydrogen) atoms. The maximum atomic E-state index is 14.7. The first-order valence-electron chi connectivity index (χ1n) is 15.8. The van der Waals surface area contributed by atoms with E-state index in [1.54, 1.807) is 26.8 Å². The Kier molecular flexibility index (Phi) is 8.86. The van der Waals surface area contributed by atoms with Gasteiger partial charge < -0.3 is 24.4 Å². The summed E-state index contributed by atoms with van der Waals surface area (Å²) in [4.78, 5) is 56.7. The molecule has 242 valence electrons. The molecule has 3 aliphatic heterocycles. The number of hydrogen-bond donors (Lipinski definition) is 2. The van der Waals surface area contributed by atoms with Gasteiger partial charge in [-0.05, 0) is 74.0 Å². The predicted molar refractivity (Wildman–Crippen MR) is 179 cm³/mol. The highest BCUT2D eigenvalue weighted by atomic mass is 35.5. The van der Waals surface area contributed by atoms with Gasteiger partial charge in [-0.25, -0.2) is 0 Å². The summed E-state index contributed by atoms with van der Waals surface area (Å²) >= 11 is 6.52. The van der Waals surface area contributed by atoms with E-state index >= 15 is 0 Å². The molecule has 3 aliphatic rings. The largest absolute Gasteiger partial charge is 0.432 e. The molecular weight excluding hydrogens is 622 g/mol. The van der Waals surface area contributed by atoms with Crippen LogP contribution in [0.4, 0.5) is 17.1 Å². The molecule has 3 aromatic carbocycles. The summed E-state index contributed by atoms with van der Waals surface area (Å²) in [5.74, 6) is -0.830. The summed E-state index contributed by atoms with van der Waals surface area (Å²) < 4.78 is 6.81. The van der Waals surface area contributed by atoms with Crippen molar-refractivity contribution >= 4 is 55.2 Å². The summed E-state index contributed by atoms with van der Waals surface area (Å²) in [6.07, 6.45) is 1.68. The molecule has 5 atom stereocenters. The molecule has 2 N–H and O–H groups in total. The third-order valence-electron chi connectivity index (χ3n) is 9.92. The lowest BCUT2D eigenvalue weighted by molar-refractivity contribution is -0.150. The normalized spacial score (nSPS) is 25.7. The van der Waals surface area contributed by atoms with Crippen molar-refractivity contribution in [3.63, 3.8) is 0 Å². The second kappa shape index (κ2) is 12.6. The van der Waals surface area contributed by atoms with Crippen LogP contribution in [-0.2, 0) is 31.3 Å². The van der Waals surface area contributed by atoms with E-state index in [1.165, 1.54) is 0 Å². The van der Waals surface area contributed by atoms with Crippen LogP contribution in [0.3, 0.4) is 0 Å². The molecule has 11 heteroatoms. The number of carbonyl (C=O) groups is 3. The van der Waals surface area contributed by atoms with Crippen molar-refractivity contribution in [2.45, 2.75) is 69.1 Å². The van der Waals surface area contributed by atoms with Crippen LogP contribution in [0.15, 0.2) is 72.8 Å². The number of fused-ring (bicyclic) bond motifs is 2. The van der Waals surface area contributed by atoms with E-state index in [0.717, 1.165) is 30.5 Å². The van der Waals surface area contributed by atoms with Crippen LogP contribution in [0.1, 0.15) is 37.3 Å². The van der Waals surface area contributed by atoms with Gasteiger partial charge in [0, 0.05) is 40.0 Å². The van der Waals surface area contributed by atoms with Crippen LogP contribution in [0.25, 0.3) is 0 Å². The molecule has 2 saturated heterocycles. The second-order valence-corrected chi connectivity index (χ2v) is 17.6. The topological polar surface area (TPSA) is 111 Å². The third-order valence-corrected chi connectivity index (χ3v) is 12.7. The van der Waals surface area contributed by atoms with Crippen LogP contribution in [-0.4, -0.2) is 66.6 Å². The Hall–Kier alpha value is -3.54. The van der Waals surface area contributed by atoms with E-state index in [4.69, 9.17) is 16.3 Å². The van der Waals surface area contributed by atoms with Crippen molar-refractivity contribution in [3.05, 3.63) is 88.9 Å². The fraction of sp³-hybridized carbons (Fsp3) is 0.400. The lowest BCUT2D eigenvalue weighted by Crippen LogP contribution is -2.46. The van der Waals surface area contributed by atoms with Crippen molar-refractivity contribution in [2.75, 3.05) is 23.0 Å². The summed E-state index contributed by atoms with van der Waals surface area (Å²) in [5.41, 5.74) is 1.77. The summed E-state index contributed by atoms with van der Waals surface area (Å²) in [6.45, 7) is 6.32. The Bertz CT molecular complexity index is 1620. The number of ether oxygens (including phenoxy) is 1. The minimum atomic E-state index is -2.97. The van der Waals surface area contributed by atoms with Gasteiger partial charge in [0.15, 0.2) is 13.9 Å². The summed E-state index contributed by atoms with van der Waals surface area (Å²) in [6, 6.07) is 21.9. The second-order valence-electron chi connectivity index (χ2n) is 13.2. The molecule has 3 aromatic rings. The van der Waals surface area contributed by atoms with Gasteiger partial charge in [-0.3, -0.25) is 19.3 Å². The number of anilines is 3. The van der Waals surface area contributed by atoms with Gasteiger partial charge in [0.25, 0.3) is 5.91 Å². The number of carbonyl (C=O) groups excluding carboxylic acids is 3. The molecule has 0 aromatic heterocycles. The summed E-state index contributed by atoms with van der Waals surface area (Å²) in [5, 5.41) is 10.3. The van der Waals surface area contributed by atoms with Crippen LogP contribution < -0.4 is 9.80 Å². The smallest absolute Gasteiger partial charge is 0.264 e. The maximum Gasteiger partial charge on any atom is 0.264 e. The molecule has 3 heterocycles. The fourth-order valence-corrected chi connectivity index (χ4v) is 10.6. The van der Waals surface area contributed by atoms with Crippen molar-refractivity contribution in [1.82, 2.24) is 4.90 Å². The number of amides is 3. The van der Waals surface area contributed by atoms with Crippen molar-refractivity contribution in [3.8, 4) is 0 Å². The number of halogens is 1. The van der Waals surface area contributed by atoms with Crippen molar-refractivity contribution in [1.29, 1.82) is 0 Å². The zero-order valence-corrected chi connectivity index (χ0v) is 28.1. The number of aliphatic hydroxyl groups is 1. The van der Waals surface area contributed by atoms with Crippen LogP contribution in [0.5, 0.6) is 0 Å². The quantitative estimate of drug-likeness (QED) is 0.236. The third kappa shape index (κ3) is 5.56. The van der Waals surface area contributed by atoms with Crippen LogP contribution in [0.2, 0.25) is 23.7 Å². The van der Waals surface area contributed by atoms with Crippen molar-refractivity contribution in [2.24, 2.45) is 5.92 Å². The number of nitrogens with zero attached hydrogens (tertiary/aromatic N) is 3. The van der Waals surface area contributed by atoms with E-state index < -0.39 is 31.5 Å². The molecule has 0 unspecified atom stereocenters. The maximum absolute atomic E-state index is 14.7. The first-order valence-corrected chi connectivity index (χ1v) is 19.2. The molecule has 0 aliphatic carbocycles. The summed E-state index contributed by atoms with van der Waals surface area (Å²) in [7, 11) is -2.97. The molecule has 0 radical (unpaired) electrons. The van der Waals surface area contributed by atoms with E-state index in [9.17, 15) is 24.3 Å². The van der Waals surface area contributed by atoms with Gasteiger partial charge in [-0.15, -0.1) is 0 Å². The zero-order chi connectivity index (χ0) is 32.8. The standard InChI is InChI=1S/C35H40ClN3O6Si/c1-23-33(46(2,3)44)31(19-32(42)37-17-7-10-28(37)21-40)45-35(23)29-18-25(36)13-16-30(29)38(34(35)43)20-24-11-14-27(15-12-24)39(22-41)26-8-5-4-6-9-26/h4-6,8-9,11-16,18,22-23,28,31,33,40,44H,7,10,17,19-21H2,1-3H3/t23-,28-,31+,33-,35+/m0/s1. The van der Waals surface area contributed by atoms with E-state index in [0.29, 0.717) is 28.5 Å². The number of benzene rings is 3.